The molecule has 0 saturated heterocycles. The second-order valence-electron chi connectivity index (χ2n) is 3.85. The number of Topliss-reactive ketones (excluding diaryl/α,β-unsaturated/α-hetero) is 1. The zero-order valence-electron chi connectivity index (χ0n) is 9.81. The fraction of sp³-hybridized carbons (Fsp3) is 0.143. The molecule has 3 nitrogen and oxygen atoms in total. The van der Waals surface area contributed by atoms with E-state index in [9.17, 15) is 4.79 Å². The Morgan fingerprint density at radius 3 is 2.59 bits per heavy atom. The van der Waals surface area contributed by atoms with Crippen LogP contribution >= 0.6 is 0 Å². The number of hydrogen-bond donors (Lipinski definition) is 0. The van der Waals surface area contributed by atoms with E-state index in [1.54, 1.807) is 18.3 Å². The molecule has 0 aliphatic rings. The van der Waals surface area contributed by atoms with Crippen molar-refractivity contribution >= 4 is 5.78 Å². The lowest BCUT2D eigenvalue weighted by Crippen LogP contribution is -1.95. The van der Waals surface area contributed by atoms with Gasteiger partial charge in [0.25, 0.3) is 0 Å². The fourth-order valence-electron chi connectivity index (χ4n) is 1.46. The number of aromatic nitrogens is 1. The third-order valence-electron chi connectivity index (χ3n) is 2.32. The molecule has 0 saturated carbocycles. The van der Waals surface area contributed by atoms with Crippen molar-refractivity contribution in [1.29, 1.82) is 0 Å². The standard InChI is InChI=1S/C14H13NO2/c1-10-4-3-5-12(8-10)17-13-6-7-14(11(2)16)15-9-13/h3-9H,1-2H3. The summed E-state index contributed by atoms with van der Waals surface area (Å²) < 4.78 is 5.62. The van der Waals surface area contributed by atoms with Crippen LogP contribution in [0.25, 0.3) is 0 Å². The predicted molar refractivity (Wildman–Crippen MR) is 65.5 cm³/mol. The summed E-state index contributed by atoms with van der Waals surface area (Å²) in [5.41, 5.74) is 1.58. The number of rotatable bonds is 3. The number of aryl methyl sites for hydroxylation is 1. The molecule has 1 aromatic heterocycles. The number of pyridine rings is 1. The minimum Gasteiger partial charge on any atom is -0.456 e. The minimum absolute atomic E-state index is 0.0490. The molecule has 0 aliphatic heterocycles. The van der Waals surface area contributed by atoms with Crippen molar-refractivity contribution < 1.29 is 9.53 Å². The lowest BCUT2D eigenvalue weighted by Gasteiger charge is -2.06. The van der Waals surface area contributed by atoms with Crippen LogP contribution in [0.5, 0.6) is 11.5 Å². The van der Waals surface area contributed by atoms with Gasteiger partial charge in [-0.2, -0.15) is 0 Å². The molecule has 0 atom stereocenters. The third-order valence-corrected chi connectivity index (χ3v) is 2.32. The van der Waals surface area contributed by atoms with Crippen molar-refractivity contribution in [2.75, 3.05) is 0 Å². The van der Waals surface area contributed by atoms with E-state index in [-0.39, 0.29) is 5.78 Å². The summed E-state index contributed by atoms with van der Waals surface area (Å²) in [6.45, 7) is 3.49. The maximum absolute atomic E-state index is 11.1. The number of benzene rings is 1. The molecule has 0 spiro atoms. The second-order valence-corrected chi connectivity index (χ2v) is 3.85. The summed E-state index contributed by atoms with van der Waals surface area (Å²) in [6, 6.07) is 11.2. The van der Waals surface area contributed by atoms with Crippen molar-refractivity contribution in [3.05, 3.63) is 53.9 Å². The van der Waals surface area contributed by atoms with Crippen LogP contribution in [-0.4, -0.2) is 10.8 Å². The van der Waals surface area contributed by atoms with Gasteiger partial charge in [-0.3, -0.25) is 4.79 Å². The van der Waals surface area contributed by atoms with Crippen LogP contribution < -0.4 is 4.74 Å². The summed E-state index contributed by atoms with van der Waals surface area (Å²) in [5, 5.41) is 0. The maximum Gasteiger partial charge on any atom is 0.178 e. The van der Waals surface area contributed by atoms with E-state index in [1.165, 1.54) is 6.92 Å². The number of ether oxygens (including phenoxy) is 1. The van der Waals surface area contributed by atoms with Gasteiger partial charge in [0.05, 0.1) is 6.20 Å². The summed E-state index contributed by atoms with van der Waals surface area (Å²) in [7, 11) is 0. The molecular weight excluding hydrogens is 214 g/mol. The van der Waals surface area contributed by atoms with Gasteiger partial charge in [-0.05, 0) is 36.8 Å². The summed E-state index contributed by atoms with van der Waals surface area (Å²) >= 11 is 0. The quantitative estimate of drug-likeness (QED) is 0.754. The van der Waals surface area contributed by atoms with Crippen LogP contribution in [0.2, 0.25) is 0 Å². The summed E-state index contributed by atoms with van der Waals surface area (Å²) in [4.78, 5) is 15.1. The Hall–Kier alpha value is -2.16. The van der Waals surface area contributed by atoms with E-state index < -0.39 is 0 Å². The topological polar surface area (TPSA) is 39.2 Å². The molecule has 0 fully saturated rings. The second kappa shape index (κ2) is 4.78. The van der Waals surface area contributed by atoms with E-state index in [4.69, 9.17) is 4.74 Å². The van der Waals surface area contributed by atoms with Crippen LogP contribution in [0.3, 0.4) is 0 Å². The number of hydrogen-bond acceptors (Lipinski definition) is 3. The summed E-state index contributed by atoms with van der Waals surface area (Å²) in [5.74, 6) is 1.34. The van der Waals surface area contributed by atoms with Gasteiger partial charge in [0.15, 0.2) is 5.78 Å². The molecule has 0 unspecified atom stereocenters. The van der Waals surface area contributed by atoms with Crippen molar-refractivity contribution in [3.63, 3.8) is 0 Å². The molecule has 3 heteroatoms. The van der Waals surface area contributed by atoms with Gasteiger partial charge < -0.3 is 4.74 Å². The first kappa shape index (κ1) is 11.3. The molecule has 2 rings (SSSR count). The van der Waals surface area contributed by atoms with Crippen molar-refractivity contribution in [1.82, 2.24) is 4.98 Å². The predicted octanol–water partition coefficient (Wildman–Crippen LogP) is 3.38. The first-order chi connectivity index (χ1) is 8.15. The highest BCUT2D eigenvalue weighted by Gasteiger charge is 2.02. The Bertz CT molecular complexity index is 532. The number of carbonyl (C=O) groups is 1. The van der Waals surface area contributed by atoms with Crippen LogP contribution in [0, 0.1) is 6.92 Å². The van der Waals surface area contributed by atoms with Crippen LogP contribution in [0.15, 0.2) is 42.6 Å². The Morgan fingerprint density at radius 1 is 1.18 bits per heavy atom. The molecule has 1 aromatic carbocycles. The van der Waals surface area contributed by atoms with Gasteiger partial charge in [-0.25, -0.2) is 4.98 Å². The van der Waals surface area contributed by atoms with Crippen LogP contribution in [0.4, 0.5) is 0 Å². The highest BCUT2D eigenvalue weighted by atomic mass is 16.5. The van der Waals surface area contributed by atoms with Gasteiger partial charge in [0.1, 0.15) is 17.2 Å². The average molecular weight is 227 g/mol. The lowest BCUT2D eigenvalue weighted by atomic mass is 10.2. The molecule has 0 bridgehead atoms. The molecule has 86 valence electrons. The van der Waals surface area contributed by atoms with Gasteiger partial charge in [-0.15, -0.1) is 0 Å². The first-order valence-corrected chi connectivity index (χ1v) is 5.36. The average Bonchev–Trinajstić information content (AvgIpc) is 2.29. The molecule has 0 radical (unpaired) electrons. The van der Waals surface area contributed by atoms with Crippen LogP contribution in [0.1, 0.15) is 23.0 Å². The largest absolute Gasteiger partial charge is 0.456 e. The highest BCUT2D eigenvalue weighted by molar-refractivity contribution is 5.92. The Labute approximate surface area is 100 Å². The molecule has 1 heterocycles. The highest BCUT2D eigenvalue weighted by Crippen LogP contribution is 2.21. The molecule has 0 amide bonds. The van der Waals surface area contributed by atoms with E-state index in [1.807, 2.05) is 31.2 Å². The van der Waals surface area contributed by atoms with Crippen LogP contribution in [-0.2, 0) is 0 Å². The van der Waals surface area contributed by atoms with E-state index in [0.29, 0.717) is 11.4 Å². The van der Waals surface area contributed by atoms with Crippen molar-refractivity contribution in [3.8, 4) is 11.5 Å². The van der Waals surface area contributed by atoms with E-state index >= 15 is 0 Å². The van der Waals surface area contributed by atoms with E-state index in [0.717, 1.165) is 11.3 Å². The zero-order valence-corrected chi connectivity index (χ0v) is 9.81. The molecule has 2 aromatic rings. The maximum atomic E-state index is 11.1. The Balaban J connectivity index is 2.16. The molecular formula is C14H13NO2. The normalized spacial score (nSPS) is 10.0. The van der Waals surface area contributed by atoms with Gasteiger partial charge in [-0.1, -0.05) is 12.1 Å². The van der Waals surface area contributed by atoms with Crippen molar-refractivity contribution in [2.24, 2.45) is 0 Å². The lowest BCUT2D eigenvalue weighted by molar-refractivity contribution is 0.101. The van der Waals surface area contributed by atoms with E-state index in [2.05, 4.69) is 4.98 Å². The Morgan fingerprint density at radius 2 is 2.00 bits per heavy atom. The first-order valence-electron chi connectivity index (χ1n) is 5.36. The molecule has 0 N–H and O–H groups in total. The third kappa shape index (κ3) is 2.91. The Kier molecular flexibility index (Phi) is 3.19. The molecule has 0 aliphatic carbocycles. The number of carbonyl (C=O) groups excluding carboxylic acids is 1. The monoisotopic (exact) mass is 227 g/mol. The minimum atomic E-state index is -0.0490. The smallest absolute Gasteiger partial charge is 0.178 e. The van der Waals surface area contributed by atoms with Crippen molar-refractivity contribution in [2.45, 2.75) is 13.8 Å². The zero-order chi connectivity index (χ0) is 12.3. The molecule has 17 heavy (non-hydrogen) atoms. The van der Waals surface area contributed by atoms with Gasteiger partial charge >= 0.3 is 0 Å². The van der Waals surface area contributed by atoms with Gasteiger partial charge in [0, 0.05) is 6.92 Å². The number of ketones is 1. The SMILES string of the molecule is CC(=O)c1ccc(Oc2cccc(C)c2)cn1. The van der Waals surface area contributed by atoms with Gasteiger partial charge in [0.2, 0.25) is 0 Å². The summed E-state index contributed by atoms with van der Waals surface area (Å²) in [6.07, 6.45) is 1.55. The fourth-order valence-corrected chi connectivity index (χ4v) is 1.46. The number of nitrogens with zero attached hydrogens (tertiary/aromatic N) is 1.